The van der Waals surface area contributed by atoms with E-state index in [2.05, 4.69) is 27.4 Å². The van der Waals surface area contributed by atoms with Crippen molar-refractivity contribution in [3.8, 4) is 11.5 Å². The van der Waals surface area contributed by atoms with Crippen LogP contribution in [0.2, 0.25) is 0 Å². The monoisotopic (exact) mass is 367 g/mol. The van der Waals surface area contributed by atoms with Gasteiger partial charge in [-0.3, -0.25) is 9.69 Å². The molecule has 1 saturated heterocycles. The molecule has 1 aromatic carbocycles. The number of rotatable bonds is 5. The lowest BCUT2D eigenvalue weighted by Crippen LogP contribution is -2.48. The van der Waals surface area contributed by atoms with Crippen molar-refractivity contribution in [3.05, 3.63) is 64.7 Å². The third-order valence-electron chi connectivity index (χ3n) is 4.59. The Morgan fingerprint density at radius 2 is 1.88 bits per heavy atom. The van der Waals surface area contributed by atoms with E-state index in [1.165, 1.54) is 4.88 Å². The van der Waals surface area contributed by atoms with Crippen molar-refractivity contribution >= 4 is 17.2 Å². The van der Waals surface area contributed by atoms with Crippen LogP contribution in [-0.4, -0.2) is 46.9 Å². The van der Waals surface area contributed by atoms with Gasteiger partial charge in [0.1, 0.15) is 6.26 Å². The number of carbonyl (C=O) groups excluding carboxylic acids is 1. The van der Waals surface area contributed by atoms with E-state index in [-0.39, 0.29) is 5.91 Å². The highest BCUT2D eigenvalue weighted by molar-refractivity contribution is 7.09. The molecular weight excluding hydrogens is 346 g/mol. The number of hydrogen-bond acceptors (Lipinski definition) is 5. The second-order valence-electron chi connectivity index (χ2n) is 6.42. The van der Waals surface area contributed by atoms with Crippen molar-refractivity contribution in [2.75, 3.05) is 26.2 Å². The van der Waals surface area contributed by atoms with Crippen LogP contribution in [0.5, 0.6) is 0 Å². The molecular formula is C20H21N3O2S. The SMILES string of the molecule is O=C(Cc1coc(-c2ccccc2)n1)N1CCN(Cc2cccs2)CC1. The smallest absolute Gasteiger partial charge is 0.228 e. The average Bonchev–Trinajstić information content (AvgIpc) is 3.35. The summed E-state index contributed by atoms with van der Waals surface area (Å²) in [4.78, 5) is 22.7. The number of amides is 1. The van der Waals surface area contributed by atoms with Crippen molar-refractivity contribution in [2.45, 2.75) is 13.0 Å². The van der Waals surface area contributed by atoms with Crippen molar-refractivity contribution in [1.29, 1.82) is 0 Å². The second kappa shape index (κ2) is 7.85. The van der Waals surface area contributed by atoms with E-state index in [0.717, 1.165) is 38.3 Å². The van der Waals surface area contributed by atoms with Crippen LogP contribution in [0.1, 0.15) is 10.6 Å². The van der Waals surface area contributed by atoms with Crippen LogP contribution in [0.25, 0.3) is 11.5 Å². The summed E-state index contributed by atoms with van der Waals surface area (Å²) in [6.07, 6.45) is 1.88. The molecule has 26 heavy (non-hydrogen) atoms. The number of nitrogens with zero attached hydrogens (tertiary/aromatic N) is 3. The Morgan fingerprint density at radius 3 is 2.62 bits per heavy atom. The molecule has 0 saturated carbocycles. The van der Waals surface area contributed by atoms with Crippen molar-refractivity contribution in [1.82, 2.24) is 14.8 Å². The number of carbonyl (C=O) groups is 1. The summed E-state index contributed by atoms with van der Waals surface area (Å²) >= 11 is 1.79. The number of hydrogen-bond donors (Lipinski definition) is 0. The Balaban J connectivity index is 1.30. The number of benzene rings is 1. The van der Waals surface area contributed by atoms with E-state index in [9.17, 15) is 4.79 Å². The first-order valence-corrected chi connectivity index (χ1v) is 9.68. The van der Waals surface area contributed by atoms with Gasteiger partial charge in [-0.05, 0) is 23.6 Å². The zero-order valence-corrected chi connectivity index (χ0v) is 15.3. The van der Waals surface area contributed by atoms with Gasteiger partial charge in [0.2, 0.25) is 11.8 Å². The molecule has 1 amide bonds. The predicted molar refractivity (Wildman–Crippen MR) is 102 cm³/mol. The number of oxazole rings is 1. The van der Waals surface area contributed by atoms with Gasteiger partial charge in [0, 0.05) is 43.2 Å². The van der Waals surface area contributed by atoms with Crippen molar-refractivity contribution < 1.29 is 9.21 Å². The highest BCUT2D eigenvalue weighted by atomic mass is 32.1. The summed E-state index contributed by atoms with van der Waals surface area (Å²) in [6.45, 7) is 4.35. The first kappa shape index (κ1) is 17.0. The Kier molecular flexibility index (Phi) is 5.13. The molecule has 1 aliphatic heterocycles. The molecule has 3 aromatic rings. The number of thiophene rings is 1. The minimum Gasteiger partial charge on any atom is -0.444 e. The van der Waals surface area contributed by atoms with Gasteiger partial charge in [0.25, 0.3) is 0 Å². The maximum atomic E-state index is 12.6. The van der Waals surface area contributed by atoms with E-state index >= 15 is 0 Å². The first-order valence-electron chi connectivity index (χ1n) is 8.80. The first-order chi connectivity index (χ1) is 12.8. The third kappa shape index (κ3) is 4.03. The van der Waals surface area contributed by atoms with E-state index in [4.69, 9.17) is 4.42 Å². The molecule has 3 heterocycles. The quantitative estimate of drug-likeness (QED) is 0.694. The number of piperazine rings is 1. The van der Waals surface area contributed by atoms with Gasteiger partial charge in [0.05, 0.1) is 12.1 Å². The minimum atomic E-state index is 0.119. The molecule has 0 unspecified atom stereocenters. The fourth-order valence-electron chi connectivity index (χ4n) is 3.15. The van der Waals surface area contributed by atoms with Crippen molar-refractivity contribution in [3.63, 3.8) is 0 Å². The molecule has 5 nitrogen and oxygen atoms in total. The number of aromatic nitrogens is 1. The van der Waals surface area contributed by atoms with Crippen molar-refractivity contribution in [2.24, 2.45) is 0 Å². The molecule has 4 rings (SSSR count). The fraction of sp³-hybridized carbons (Fsp3) is 0.300. The molecule has 0 bridgehead atoms. The Bertz CT molecular complexity index is 837. The standard InChI is InChI=1S/C20H21N3O2S/c24-19(13-17-15-25-20(21-17)16-5-2-1-3-6-16)23-10-8-22(9-11-23)14-18-7-4-12-26-18/h1-7,12,15H,8-11,13-14H2. The Labute approximate surface area is 156 Å². The van der Waals surface area contributed by atoms with Crippen LogP contribution in [0.15, 0.2) is 58.5 Å². The summed E-state index contributed by atoms with van der Waals surface area (Å²) in [7, 11) is 0. The molecule has 2 aromatic heterocycles. The Morgan fingerprint density at radius 1 is 1.08 bits per heavy atom. The zero-order chi connectivity index (χ0) is 17.8. The predicted octanol–water partition coefficient (Wildman–Crippen LogP) is 3.29. The Hall–Kier alpha value is -2.44. The molecule has 134 valence electrons. The van der Waals surface area contributed by atoms with Gasteiger partial charge in [-0.1, -0.05) is 24.3 Å². The lowest BCUT2D eigenvalue weighted by Gasteiger charge is -2.34. The van der Waals surface area contributed by atoms with Gasteiger partial charge >= 0.3 is 0 Å². The van der Waals surface area contributed by atoms with E-state index < -0.39 is 0 Å². The highest BCUT2D eigenvalue weighted by Gasteiger charge is 2.22. The minimum absolute atomic E-state index is 0.119. The molecule has 0 radical (unpaired) electrons. The summed E-state index contributed by atoms with van der Waals surface area (Å²) < 4.78 is 5.53. The molecule has 0 spiro atoms. The lowest BCUT2D eigenvalue weighted by molar-refractivity contribution is -0.132. The summed E-state index contributed by atoms with van der Waals surface area (Å²) in [5.74, 6) is 0.683. The van der Waals surface area contributed by atoms with Crippen LogP contribution in [0.3, 0.4) is 0 Å². The van der Waals surface area contributed by atoms with Crippen LogP contribution < -0.4 is 0 Å². The highest BCUT2D eigenvalue weighted by Crippen LogP contribution is 2.19. The molecule has 0 aliphatic carbocycles. The summed E-state index contributed by atoms with van der Waals surface area (Å²) in [5.41, 5.74) is 1.61. The van der Waals surface area contributed by atoms with Crippen LogP contribution in [-0.2, 0) is 17.8 Å². The van der Waals surface area contributed by atoms with E-state index in [1.807, 2.05) is 35.2 Å². The summed E-state index contributed by atoms with van der Waals surface area (Å²) in [5, 5.41) is 2.11. The molecule has 0 N–H and O–H groups in total. The molecule has 1 aliphatic rings. The van der Waals surface area contributed by atoms with E-state index in [1.54, 1.807) is 17.6 Å². The van der Waals surface area contributed by atoms with Gasteiger partial charge in [-0.15, -0.1) is 11.3 Å². The fourth-order valence-corrected chi connectivity index (χ4v) is 3.89. The zero-order valence-electron chi connectivity index (χ0n) is 14.5. The lowest BCUT2D eigenvalue weighted by atomic mass is 10.2. The van der Waals surface area contributed by atoms with Gasteiger partial charge in [0.15, 0.2) is 0 Å². The maximum absolute atomic E-state index is 12.6. The van der Waals surface area contributed by atoms with Crippen LogP contribution >= 0.6 is 11.3 Å². The largest absolute Gasteiger partial charge is 0.444 e. The van der Waals surface area contributed by atoms with E-state index in [0.29, 0.717) is 18.0 Å². The molecule has 0 atom stereocenters. The van der Waals surface area contributed by atoms with Gasteiger partial charge in [-0.25, -0.2) is 4.98 Å². The summed E-state index contributed by atoms with van der Waals surface area (Å²) in [6, 6.07) is 14.0. The van der Waals surface area contributed by atoms with Gasteiger partial charge < -0.3 is 9.32 Å². The van der Waals surface area contributed by atoms with Crippen LogP contribution in [0.4, 0.5) is 0 Å². The average molecular weight is 367 g/mol. The maximum Gasteiger partial charge on any atom is 0.228 e. The molecule has 6 heteroatoms. The normalized spacial score (nSPS) is 15.3. The topological polar surface area (TPSA) is 49.6 Å². The van der Waals surface area contributed by atoms with Crippen LogP contribution in [0, 0.1) is 0 Å². The second-order valence-corrected chi connectivity index (χ2v) is 7.46. The van der Waals surface area contributed by atoms with Gasteiger partial charge in [-0.2, -0.15) is 0 Å². The third-order valence-corrected chi connectivity index (χ3v) is 5.45. The molecule has 1 fully saturated rings.